The van der Waals surface area contributed by atoms with E-state index >= 15 is 0 Å². The van der Waals surface area contributed by atoms with Gasteiger partial charge in [-0.2, -0.15) is 13.2 Å². The molecule has 4 aliphatic carbocycles. The summed E-state index contributed by atoms with van der Waals surface area (Å²) in [6.45, 7) is 5.90. The first-order valence-electron chi connectivity index (χ1n) is 13.4. The second kappa shape index (κ2) is 8.89. The van der Waals surface area contributed by atoms with Crippen LogP contribution in [-0.2, 0) is 9.59 Å². The van der Waals surface area contributed by atoms with Crippen molar-refractivity contribution in [3.05, 3.63) is 52.6 Å². The molecule has 1 unspecified atom stereocenters. The minimum absolute atomic E-state index is 0.0553. The predicted octanol–water partition coefficient (Wildman–Crippen LogP) is 6.95. The molecule has 5 rings (SSSR count). The summed E-state index contributed by atoms with van der Waals surface area (Å²) in [6.07, 6.45) is 0.901. The smallest absolute Gasteiger partial charge is 0.399 e. The second-order valence-electron chi connectivity index (χ2n) is 11.7. The van der Waals surface area contributed by atoms with Gasteiger partial charge in [0.25, 0.3) is 0 Å². The van der Waals surface area contributed by atoms with Crippen LogP contribution in [0.3, 0.4) is 0 Å². The number of carbonyl (C=O) groups is 2. The van der Waals surface area contributed by atoms with Gasteiger partial charge in [0.2, 0.25) is 0 Å². The summed E-state index contributed by atoms with van der Waals surface area (Å²) in [7, 11) is 0. The number of nitrogen functional groups attached to an aromatic ring is 1. The van der Waals surface area contributed by atoms with Gasteiger partial charge in [0.15, 0.2) is 11.6 Å². The molecule has 2 fully saturated rings. The summed E-state index contributed by atoms with van der Waals surface area (Å²) in [5, 5.41) is 0. The van der Waals surface area contributed by atoms with E-state index < -0.39 is 17.0 Å². The third-order valence-corrected chi connectivity index (χ3v) is 9.84. The van der Waals surface area contributed by atoms with Gasteiger partial charge in [0.1, 0.15) is 0 Å². The van der Waals surface area contributed by atoms with Gasteiger partial charge in [-0.3, -0.25) is 9.59 Å². The molecular weight excluding hydrogens is 475 g/mol. The van der Waals surface area contributed by atoms with Crippen molar-refractivity contribution in [2.24, 2.45) is 28.6 Å². The van der Waals surface area contributed by atoms with Crippen LogP contribution in [0.15, 0.2) is 47.1 Å². The van der Waals surface area contributed by atoms with Crippen molar-refractivity contribution >= 4 is 17.3 Å². The highest BCUT2D eigenvalue weighted by molar-refractivity contribution is 5.93. The number of rotatable bonds is 3. The minimum Gasteiger partial charge on any atom is -0.399 e. The van der Waals surface area contributed by atoms with E-state index in [1.54, 1.807) is 6.92 Å². The van der Waals surface area contributed by atoms with E-state index in [1.807, 2.05) is 37.3 Å². The number of allylic oxidation sites excluding steroid dienone is 4. The van der Waals surface area contributed by atoms with Crippen LogP contribution in [0.1, 0.15) is 77.2 Å². The Morgan fingerprint density at radius 1 is 1.19 bits per heavy atom. The number of alkyl halides is 3. The first kappa shape index (κ1) is 25.8. The highest BCUT2D eigenvalue weighted by Gasteiger charge is 2.65. The van der Waals surface area contributed by atoms with Gasteiger partial charge < -0.3 is 5.73 Å². The summed E-state index contributed by atoms with van der Waals surface area (Å²) in [5.41, 5.74) is 9.37. The average molecular weight is 510 g/mol. The Kier molecular flexibility index (Phi) is 6.21. The number of carbonyl (C=O) groups excluding carboxylic acids is 2. The zero-order valence-corrected chi connectivity index (χ0v) is 21.7. The highest BCUT2D eigenvalue weighted by atomic mass is 19.4. The molecule has 6 atom stereocenters. The molecule has 0 bridgehead atoms. The summed E-state index contributed by atoms with van der Waals surface area (Å²) in [6, 6.07) is 7.73. The van der Waals surface area contributed by atoms with Crippen LogP contribution >= 0.6 is 0 Å². The third kappa shape index (κ3) is 4.06. The number of hydrogen-bond donors (Lipinski definition) is 1. The van der Waals surface area contributed by atoms with E-state index in [1.165, 1.54) is 17.1 Å². The Labute approximate surface area is 216 Å². The normalized spacial score (nSPS) is 35.1. The molecular formula is C31H34F3NO2. The zero-order valence-electron chi connectivity index (χ0n) is 21.7. The predicted molar refractivity (Wildman–Crippen MR) is 137 cm³/mol. The molecule has 0 heterocycles. The van der Waals surface area contributed by atoms with E-state index in [4.69, 9.17) is 5.73 Å². The summed E-state index contributed by atoms with van der Waals surface area (Å²) >= 11 is 0. The monoisotopic (exact) mass is 509 g/mol. The lowest BCUT2D eigenvalue weighted by Crippen LogP contribution is -2.51. The maximum absolute atomic E-state index is 13.5. The van der Waals surface area contributed by atoms with Crippen molar-refractivity contribution in [3.63, 3.8) is 0 Å². The van der Waals surface area contributed by atoms with E-state index in [0.717, 1.165) is 17.6 Å². The number of benzene rings is 1. The first-order valence-corrected chi connectivity index (χ1v) is 13.4. The minimum atomic E-state index is -4.65. The molecule has 0 radical (unpaired) electrons. The fourth-order valence-corrected chi connectivity index (χ4v) is 8.22. The number of anilines is 1. The van der Waals surface area contributed by atoms with Crippen LogP contribution in [0.25, 0.3) is 0 Å². The van der Waals surface area contributed by atoms with Gasteiger partial charge in [-0.1, -0.05) is 44.4 Å². The Hall–Kier alpha value is -2.81. The van der Waals surface area contributed by atoms with E-state index in [0.29, 0.717) is 37.8 Å². The van der Waals surface area contributed by atoms with Crippen molar-refractivity contribution in [1.29, 1.82) is 0 Å². The SMILES string of the molecule is CCC(=O)[C@]1(C#CC(F)(F)F)CC[C@H]2[C@@H]3CC(C)C4=CC(=O)CCC4=C3[C@@H](c3ccc(N)cc3)C[C@@]21C. The second-order valence-corrected chi connectivity index (χ2v) is 11.7. The molecule has 2 N–H and O–H groups in total. The maximum Gasteiger partial charge on any atom is 0.457 e. The average Bonchev–Trinajstić information content (AvgIpc) is 3.15. The summed E-state index contributed by atoms with van der Waals surface area (Å²) in [5.74, 6) is 4.36. The number of fused-ring (bicyclic) bond motifs is 4. The van der Waals surface area contributed by atoms with Crippen molar-refractivity contribution in [1.82, 2.24) is 0 Å². The van der Waals surface area contributed by atoms with Crippen molar-refractivity contribution in [2.45, 2.75) is 77.8 Å². The van der Waals surface area contributed by atoms with Crippen molar-refractivity contribution in [2.75, 3.05) is 5.73 Å². The van der Waals surface area contributed by atoms with Gasteiger partial charge in [0.05, 0.1) is 5.41 Å². The molecule has 2 saturated carbocycles. The standard InChI is InChI=1S/C31H34F3NO2/c1-4-27(37)30(13-14-31(32,33)34)12-11-26-24-15-18(2)23-16-21(36)9-10-22(23)28(24)25(17-29(26,30)3)19-5-7-20(35)8-6-19/h5-8,16,18,24-26H,4,9-12,15,17,35H2,1-3H3/t18?,24-,25+,26-,29-,30+/m0/s1. The molecule has 37 heavy (non-hydrogen) atoms. The maximum atomic E-state index is 13.5. The molecule has 3 nitrogen and oxygen atoms in total. The quantitative estimate of drug-likeness (QED) is 0.354. The molecule has 0 aromatic heterocycles. The van der Waals surface area contributed by atoms with Crippen LogP contribution in [-0.4, -0.2) is 17.7 Å². The highest BCUT2D eigenvalue weighted by Crippen LogP contribution is 2.70. The summed E-state index contributed by atoms with van der Waals surface area (Å²) < 4.78 is 40.1. The van der Waals surface area contributed by atoms with Crippen LogP contribution in [0.4, 0.5) is 18.9 Å². The Bertz CT molecular complexity index is 1260. The molecule has 0 spiro atoms. The van der Waals surface area contributed by atoms with Crippen LogP contribution < -0.4 is 5.73 Å². The number of halogens is 3. The number of Topliss-reactive ketones (excluding diaryl/α,β-unsaturated/α-hetero) is 1. The lowest BCUT2D eigenvalue weighted by atomic mass is 9.47. The Morgan fingerprint density at radius 2 is 1.89 bits per heavy atom. The first-order chi connectivity index (χ1) is 17.4. The van der Waals surface area contributed by atoms with Gasteiger partial charge in [-0.15, -0.1) is 0 Å². The topological polar surface area (TPSA) is 60.2 Å². The van der Waals surface area contributed by atoms with Gasteiger partial charge in [0, 0.05) is 30.4 Å². The molecule has 0 amide bonds. The van der Waals surface area contributed by atoms with Gasteiger partial charge in [-0.05, 0) is 90.2 Å². The lowest BCUT2D eigenvalue weighted by molar-refractivity contribution is -0.132. The fourth-order valence-electron chi connectivity index (χ4n) is 8.22. The number of nitrogens with two attached hydrogens (primary N) is 1. The Morgan fingerprint density at radius 3 is 2.54 bits per heavy atom. The molecule has 0 saturated heterocycles. The molecule has 1 aromatic rings. The number of ketones is 2. The molecule has 0 aliphatic heterocycles. The largest absolute Gasteiger partial charge is 0.457 e. The van der Waals surface area contributed by atoms with E-state index in [9.17, 15) is 22.8 Å². The lowest BCUT2D eigenvalue weighted by Gasteiger charge is -2.55. The van der Waals surface area contributed by atoms with Gasteiger partial charge >= 0.3 is 6.18 Å². The molecule has 1 aromatic carbocycles. The van der Waals surface area contributed by atoms with E-state index in [2.05, 4.69) is 12.8 Å². The molecule has 4 aliphatic rings. The fraction of sp³-hybridized carbons (Fsp3) is 0.548. The molecule has 6 heteroatoms. The van der Waals surface area contributed by atoms with Crippen molar-refractivity contribution < 1.29 is 22.8 Å². The van der Waals surface area contributed by atoms with E-state index in [-0.39, 0.29) is 41.7 Å². The van der Waals surface area contributed by atoms with Gasteiger partial charge in [-0.25, -0.2) is 0 Å². The Balaban J connectivity index is 1.73. The summed E-state index contributed by atoms with van der Waals surface area (Å²) in [4.78, 5) is 25.9. The molecule has 196 valence electrons. The van der Waals surface area contributed by atoms with Crippen LogP contribution in [0.5, 0.6) is 0 Å². The number of hydrogen-bond acceptors (Lipinski definition) is 3. The van der Waals surface area contributed by atoms with Crippen molar-refractivity contribution in [3.8, 4) is 11.8 Å². The van der Waals surface area contributed by atoms with Crippen LogP contribution in [0.2, 0.25) is 0 Å². The zero-order chi connectivity index (χ0) is 26.8. The third-order valence-electron chi connectivity index (χ3n) is 9.84. The van der Waals surface area contributed by atoms with Crippen LogP contribution in [0, 0.1) is 40.4 Å².